The SMILES string of the molecule is C=CCOC[C@@H]1C[C@@H]2OCCN(Cc3nccs3)[C@H]2C1. The van der Waals surface area contributed by atoms with Gasteiger partial charge in [-0.15, -0.1) is 17.9 Å². The fourth-order valence-corrected chi connectivity index (χ4v) is 3.92. The van der Waals surface area contributed by atoms with Crippen LogP contribution in [0.15, 0.2) is 24.2 Å². The van der Waals surface area contributed by atoms with E-state index in [1.807, 2.05) is 17.7 Å². The van der Waals surface area contributed by atoms with Gasteiger partial charge in [0.2, 0.25) is 0 Å². The zero-order chi connectivity index (χ0) is 13.8. The Kier molecular flexibility index (Phi) is 4.83. The molecule has 20 heavy (non-hydrogen) atoms. The van der Waals surface area contributed by atoms with Crippen molar-refractivity contribution >= 4 is 11.3 Å². The van der Waals surface area contributed by atoms with Crippen molar-refractivity contribution in [1.82, 2.24) is 9.88 Å². The summed E-state index contributed by atoms with van der Waals surface area (Å²) in [6.45, 7) is 7.98. The number of rotatable bonds is 6. The first-order chi connectivity index (χ1) is 9.86. The van der Waals surface area contributed by atoms with E-state index < -0.39 is 0 Å². The van der Waals surface area contributed by atoms with Crippen molar-refractivity contribution in [3.63, 3.8) is 0 Å². The molecule has 1 aliphatic heterocycles. The van der Waals surface area contributed by atoms with Gasteiger partial charge in [0.25, 0.3) is 0 Å². The predicted octanol–water partition coefficient (Wildman–Crippen LogP) is 2.33. The summed E-state index contributed by atoms with van der Waals surface area (Å²) >= 11 is 1.74. The molecule has 3 rings (SSSR count). The van der Waals surface area contributed by atoms with Crippen molar-refractivity contribution in [2.45, 2.75) is 31.5 Å². The number of hydrogen-bond acceptors (Lipinski definition) is 5. The molecule has 5 heteroatoms. The van der Waals surface area contributed by atoms with Crippen LogP contribution in [0, 0.1) is 5.92 Å². The molecule has 1 aliphatic carbocycles. The first-order valence-electron chi connectivity index (χ1n) is 7.29. The molecule has 1 saturated heterocycles. The van der Waals surface area contributed by atoms with Gasteiger partial charge in [0.05, 0.1) is 25.9 Å². The van der Waals surface area contributed by atoms with Crippen molar-refractivity contribution in [3.05, 3.63) is 29.2 Å². The normalized spacial score (nSPS) is 30.3. The summed E-state index contributed by atoms with van der Waals surface area (Å²) in [5.41, 5.74) is 0. The Balaban J connectivity index is 1.56. The minimum atomic E-state index is 0.376. The average molecular weight is 294 g/mol. The fourth-order valence-electron chi connectivity index (χ4n) is 3.28. The Morgan fingerprint density at radius 2 is 2.50 bits per heavy atom. The van der Waals surface area contributed by atoms with E-state index in [0.29, 0.717) is 24.7 Å². The first kappa shape index (κ1) is 14.2. The summed E-state index contributed by atoms with van der Waals surface area (Å²) in [5, 5.41) is 3.26. The Morgan fingerprint density at radius 3 is 3.30 bits per heavy atom. The quantitative estimate of drug-likeness (QED) is 0.596. The highest BCUT2D eigenvalue weighted by atomic mass is 32.1. The van der Waals surface area contributed by atoms with Crippen LogP contribution in [-0.4, -0.2) is 48.4 Å². The van der Waals surface area contributed by atoms with Gasteiger partial charge >= 0.3 is 0 Å². The highest BCUT2D eigenvalue weighted by Gasteiger charge is 2.41. The monoisotopic (exact) mass is 294 g/mol. The van der Waals surface area contributed by atoms with Crippen LogP contribution < -0.4 is 0 Å². The van der Waals surface area contributed by atoms with Crippen molar-refractivity contribution in [2.24, 2.45) is 5.92 Å². The maximum absolute atomic E-state index is 5.95. The zero-order valence-electron chi connectivity index (χ0n) is 11.7. The highest BCUT2D eigenvalue weighted by Crippen LogP contribution is 2.35. The van der Waals surface area contributed by atoms with E-state index in [4.69, 9.17) is 9.47 Å². The molecule has 0 N–H and O–H groups in total. The van der Waals surface area contributed by atoms with E-state index in [1.54, 1.807) is 11.3 Å². The minimum Gasteiger partial charge on any atom is -0.377 e. The Hall–Kier alpha value is -0.750. The summed E-state index contributed by atoms with van der Waals surface area (Å²) < 4.78 is 11.6. The van der Waals surface area contributed by atoms with E-state index in [0.717, 1.165) is 32.7 Å². The third-order valence-corrected chi connectivity index (χ3v) is 4.92. The number of ether oxygens (including phenoxy) is 2. The molecule has 2 fully saturated rings. The molecule has 0 amide bonds. The van der Waals surface area contributed by atoms with E-state index in [9.17, 15) is 0 Å². The highest BCUT2D eigenvalue weighted by molar-refractivity contribution is 7.09. The summed E-state index contributed by atoms with van der Waals surface area (Å²) in [6.07, 6.45) is 6.37. The Bertz CT molecular complexity index is 424. The van der Waals surface area contributed by atoms with Gasteiger partial charge in [-0.05, 0) is 18.8 Å². The summed E-state index contributed by atoms with van der Waals surface area (Å²) in [6, 6.07) is 0.532. The standard InChI is InChI=1S/C15H22N2O2S/c1-2-5-18-11-12-8-13-14(9-12)19-6-4-17(13)10-15-16-3-7-20-15/h2-3,7,12-14H,1,4-6,8-11H2/t12-,13-,14-/m0/s1. The van der Waals surface area contributed by atoms with Gasteiger partial charge in [-0.25, -0.2) is 4.98 Å². The number of nitrogens with zero attached hydrogens (tertiary/aromatic N) is 2. The zero-order valence-corrected chi connectivity index (χ0v) is 12.6. The van der Waals surface area contributed by atoms with Crippen LogP contribution in [0.5, 0.6) is 0 Å². The third kappa shape index (κ3) is 3.28. The van der Waals surface area contributed by atoms with Crippen molar-refractivity contribution in [2.75, 3.05) is 26.4 Å². The lowest BCUT2D eigenvalue weighted by Gasteiger charge is -2.37. The predicted molar refractivity (Wildman–Crippen MR) is 79.8 cm³/mol. The topological polar surface area (TPSA) is 34.6 Å². The first-order valence-corrected chi connectivity index (χ1v) is 8.17. The van der Waals surface area contributed by atoms with Crippen LogP contribution in [-0.2, 0) is 16.0 Å². The van der Waals surface area contributed by atoms with Gasteiger partial charge in [0.1, 0.15) is 5.01 Å². The van der Waals surface area contributed by atoms with Gasteiger partial charge in [-0.3, -0.25) is 4.90 Å². The maximum Gasteiger partial charge on any atom is 0.107 e. The van der Waals surface area contributed by atoms with Crippen LogP contribution in [0.4, 0.5) is 0 Å². The minimum absolute atomic E-state index is 0.376. The molecule has 0 unspecified atom stereocenters. The average Bonchev–Trinajstić information content (AvgIpc) is 3.08. The molecular formula is C15H22N2O2S. The number of aromatic nitrogens is 1. The molecule has 1 saturated carbocycles. The lowest BCUT2D eigenvalue weighted by atomic mass is 10.1. The summed E-state index contributed by atoms with van der Waals surface area (Å²) in [4.78, 5) is 6.95. The number of thiazole rings is 1. The molecule has 2 aliphatic rings. The van der Waals surface area contributed by atoms with Crippen LogP contribution in [0.1, 0.15) is 17.8 Å². The van der Waals surface area contributed by atoms with Gasteiger partial charge in [0, 0.05) is 30.8 Å². The molecule has 110 valence electrons. The van der Waals surface area contributed by atoms with Gasteiger partial charge in [-0.2, -0.15) is 0 Å². The second-order valence-electron chi connectivity index (χ2n) is 5.54. The maximum atomic E-state index is 5.95. The van der Waals surface area contributed by atoms with Gasteiger partial charge in [-0.1, -0.05) is 6.08 Å². The summed E-state index contributed by atoms with van der Waals surface area (Å²) in [5.74, 6) is 0.613. The van der Waals surface area contributed by atoms with Crippen LogP contribution in [0.3, 0.4) is 0 Å². The van der Waals surface area contributed by atoms with Gasteiger partial charge in [0.15, 0.2) is 0 Å². The van der Waals surface area contributed by atoms with Crippen molar-refractivity contribution in [3.8, 4) is 0 Å². The number of fused-ring (bicyclic) bond motifs is 1. The molecule has 4 nitrogen and oxygen atoms in total. The second kappa shape index (κ2) is 6.80. The van der Waals surface area contributed by atoms with Crippen LogP contribution in [0.25, 0.3) is 0 Å². The lowest BCUT2D eigenvalue weighted by molar-refractivity contribution is -0.0591. The van der Waals surface area contributed by atoms with E-state index in [1.165, 1.54) is 11.4 Å². The Labute approximate surface area is 124 Å². The molecule has 0 spiro atoms. The second-order valence-corrected chi connectivity index (χ2v) is 6.52. The molecule has 2 heterocycles. The Morgan fingerprint density at radius 1 is 1.55 bits per heavy atom. The molecule has 3 atom stereocenters. The third-order valence-electron chi connectivity index (χ3n) is 4.16. The largest absolute Gasteiger partial charge is 0.377 e. The number of morpholine rings is 1. The van der Waals surface area contributed by atoms with Crippen molar-refractivity contribution in [1.29, 1.82) is 0 Å². The smallest absolute Gasteiger partial charge is 0.107 e. The molecule has 1 aromatic rings. The van der Waals surface area contributed by atoms with Crippen LogP contribution >= 0.6 is 11.3 Å². The molecule has 0 aromatic carbocycles. The fraction of sp³-hybridized carbons (Fsp3) is 0.667. The van der Waals surface area contributed by atoms with Gasteiger partial charge < -0.3 is 9.47 Å². The number of hydrogen-bond donors (Lipinski definition) is 0. The molecule has 0 radical (unpaired) electrons. The van der Waals surface area contributed by atoms with E-state index in [-0.39, 0.29) is 0 Å². The van der Waals surface area contributed by atoms with E-state index >= 15 is 0 Å². The van der Waals surface area contributed by atoms with Crippen LogP contribution in [0.2, 0.25) is 0 Å². The summed E-state index contributed by atoms with van der Waals surface area (Å²) in [7, 11) is 0. The van der Waals surface area contributed by atoms with Crippen molar-refractivity contribution < 1.29 is 9.47 Å². The van der Waals surface area contributed by atoms with E-state index in [2.05, 4.69) is 16.5 Å². The molecule has 0 bridgehead atoms. The molecular weight excluding hydrogens is 272 g/mol. The molecule has 1 aromatic heterocycles. The lowest BCUT2D eigenvalue weighted by Crippen LogP contribution is -2.47.